The Morgan fingerprint density at radius 1 is 1.46 bits per heavy atom. The number of aromatic nitrogens is 4. The van der Waals surface area contributed by atoms with Crippen molar-refractivity contribution in [2.75, 3.05) is 5.32 Å². The highest BCUT2D eigenvalue weighted by molar-refractivity contribution is 8.00. The first-order valence-corrected chi connectivity index (χ1v) is 10.00. The fourth-order valence-corrected chi connectivity index (χ4v) is 4.96. The summed E-state index contributed by atoms with van der Waals surface area (Å²) < 4.78 is 6.81. The second-order valence-electron chi connectivity index (χ2n) is 7.06. The summed E-state index contributed by atoms with van der Waals surface area (Å²) in [7, 11) is 0. The van der Waals surface area contributed by atoms with Crippen molar-refractivity contribution in [3.63, 3.8) is 0 Å². The normalized spacial score (nSPS) is 24.6. The predicted molar refractivity (Wildman–Crippen MR) is 104 cm³/mol. The van der Waals surface area contributed by atoms with E-state index in [9.17, 15) is 14.4 Å². The van der Waals surface area contributed by atoms with Gasteiger partial charge in [0.15, 0.2) is 11.2 Å². The van der Waals surface area contributed by atoms with E-state index in [1.165, 1.54) is 6.33 Å². The van der Waals surface area contributed by atoms with Crippen LogP contribution in [0.5, 0.6) is 0 Å². The molecule has 10 nitrogen and oxygen atoms in total. The van der Waals surface area contributed by atoms with Crippen molar-refractivity contribution in [2.24, 2.45) is 11.8 Å². The van der Waals surface area contributed by atoms with Crippen LogP contribution in [-0.4, -0.2) is 48.0 Å². The van der Waals surface area contributed by atoms with Gasteiger partial charge in [0.05, 0.1) is 6.33 Å². The van der Waals surface area contributed by atoms with E-state index in [0.717, 1.165) is 6.42 Å². The van der Waals surface area contributed by atoms with Crippen LogP contribution in [0.3, 0.4) is 0 Å². The highest BCUT2D eigenvalue weighted by atomic mass is 32.2. The number of carbonyl (C=O) groups excluding carboxylic acids is 1. The quantitative estimate of drug-likeness (QED) is 0.640. The number of fused-ring (bicyclic) bond motifs is 1. The maximum Gasteiger partial charge on any atom is 0.506 e. The first-order chi connectivity index (χ1) is 13.2. The van der Waals surface area contributed by atoms with E-state index in [2.05, 4.69) is 20.3 Å². The molecule has 0 radical (unpaired) electrons. The summed E-state index contributed by atoms with van der Waals surface area (Å²) >= 11 is 1.57. The second kappa shape index (κ2) is 7.82. The summed E-state index contributed by atoms with van der Waals surface area (Å²) in [5.41, 5.74) is -0.102. The number of hydrogen-bond acceptors (Lipinski definition) is 7. The summed E-state index contributed by atoms with van der Waals surface area (Å²) in [5, 5.41) is 11.5. The van der Waals surface area contributed by atoms with E-state index in [4.69, 9.17) is 9.84 Å². The molecule has 0 aliphatic carbocycles. The smallest absolute Gasteiger partial charge is 0.450 e. The lowest BCUT2D eigenvalue weighted by atomic mass is 9.99. The monoisotopic (exact) mass is 409 g/mol. The molecule has 1 saturated heterocycles. The zero-order chi connectivity index (χ0) is 20.6. The lowest BCUT2D eigenvalue weighted by Crippen LogP contribution is -2.29. The number of carboxylic acid groups (broad SMARTS) is 1. The Balaban J connectivity index is 2.04. The Morgan fingerprint density at radius 3 is 2.79 bits per heavy atom. The number of rotatable bonds is 5. The summed E-state index contributed by atoms with van der Waals surface area (Å²) in [6, 6.07) is 0. The minimum atomic E-state index is -1.35. The molecule has 0 unspecified atom stereocenters. The Kier molecular flexibility index (Phi) is 5.64. The number of anilines is 1. The van der Waals surface area contributed by atoms with E-state index in [1.807, 2.05) is 13.8 Å². The van der Waals surface area contributed by atoms with Crippen LogP contribution in [0.4, 0.5) is 10.7 Å². The average Bonchev–Trinajstić information content (AvgIpc) is 3.16. The highest BCUT2D eigenvalue weighted by Crippen LogP contribution is 2.48. The molecular weight excluding hydrogens is 386 g/mol. The average molecular weight is 409 g/mol. The van der Waals surface area contributed by atoms with Gasteiger partial charge in [-0.15, -0.1) is 11.8 Å². The first kappa shape index (κ1) is 20.2. The van der Waals surface area contributed by atoms with E-state index in [-0.39, 0.29) is 40.1 Å². The number of carbonyl (C=O) groups is 2. The molecule has 11 heteroatoms. The number of hydrogen-bond donors (Lipinski definition) is 3. The van der Waals surface area contributed by atoms with Gasteiger partial charge in [-0.25, -0.2) is 9.78 Å². The molecule has 3 heterocycles. The van der Waals surface area contributed by atoms with Crippen molar-refractivity contribution in [1.29, 1.82) is 0 Å². The second-order valence-corrected chi connectivity index (χ2v) is 8.42. The predicted octanol–water partition coefficient (Wildman–Crippen LogP) is 2.44. The molecule has 0 bridgehead atoms. The topological polar surface area (TPSA) is 139 Å². The van der Waals surface area contributed by atoms with Gasteiger partial charge in [0.1, 0.15) is 11.5 Å². The van der Waals surface area contributed by atoms with Gasteiger partial charge in [0, 0.05) is 17.1 Å². The van der Waals surface area contributed by atoms with Gasteiger partial charge in [0.25, 0.3) is 5.56 Å². The molecule has 0 saturated carbocycles. The molecule has 1 amide bonds. The zero-order valence-electron chi connectivity index (χ0n) is 16.0. The standard InChI is InChI=1S/C17H23N5O5S/c1-5-9-8(4)11(27-17(25)26)15(28-9)22-6-18-10-12(22)19-16(21-14(10)24)20-13(23)7(2)3/h6-9,11,15H,5H2,1-4H3,(H,25,26)(H2,19,20,21,23,24)/t8-,9-,11-,15-/m1/s1. The minimum Gasteiger partial charge on any atom is -0.450 e. The molecule has 1 fully saturated rings. The summed E-state index contributed by atoms with van der Waals surface area (Å²) in [5.74, 6) is -0.557. The maximum atomic E-state index is 12.4. The number of H-pyrrole nitrogens is 1. The van der Waals surface area contributed by atoms with E-state index < -0.39 is 23.2 Å². The van der Waals surface area contributed by atoms with Gasteiger partial charge in [-0.3, -0.25) is 24.5 Å². The van der Waals surface area contributed by atoms with Crippen molar-refractivity contribution in [3.05, 3.63) is 16.7 Å². The van der Waals surface area contributed by atoms with Crippen molar-refractivity contribution >= 4 is 40.9 Å². The van der Waals surface area contributed by atoms with Crippen LogP contribution < -0.4 is 10.9 Å². The molecule has 3 N–H and O–H groups in total. The van der Waals surface area contributed by atoms with Gasteiger partial charge in [-0.1, -0.05) is 27.7 Å². The van der Waals surface area contributed by atoms with Crippen molar-refractivity contribution < 1.29 is 19.4 Å². The number of imidazole rings is 1. The lowest BCUT2D eigenvalue weighted by Gasteiger charge is -2.22. The van der Waals surface area contributed by atoms with Gasteiger partial charge < -0.3 is 9.84 Å². The molecule has 0 aromatic carbocycles. The largest absolute Gasteiger partial charge is 0.506 e. The zero-order valence-corrected chi connectivity index (χ0v) is 16.8. The van der Waals surface area contributed by atoms with Crippen LogP contribution in [0, 0.1) is 11.8 Å². The minimum absolute atomic E-state index is 0.0179. The molecule has 0 spiro atoms. The van der Waals surface area contributed by atoms with Crippen molar-refractivity contribution in [1.82, 2.24) is 19.5 Å². The molecule has 1 aliphatic heterocycles. The van der Waals surface area contributed by atoms with Gasteiger partial charge in [0.2, 0.25) is 11.9 Å². The fraction of sp³-hybridized carbons (Fsp3) is 0.588. The molecule has 3 rings (SSSR count). The molecule has 2 aromatic heterocycles. The van der Waals surface area contributed by atoms with E-state index in [1.54, 1.807) is 30.2 Å². The van der Waals surface area contributed by atoms with Gasteiger partial charge in [-0.05, 0) is 6.42 Å². The summed E-state index contributed by atoms with van der Waals surface area (Å²) in [4.78, 5) is 46.5. The molecule has 152 valence electrons. The van der Waals surface area contributed by atoms with Crippen LogP contribution in [-0.2, 0) is 9.53 Å². The molecule has 2 aromatic rings. The van der Waals surface area contributed by atoms with E-state index in [0.29, 0.717) is 0 Å². The number of ether oxygens (including phenoxy) is 1. The first-order valence-electron chi connectivity index (χ1n) is 9.05. The molecular formula is C17H23N5O5S. The van der Waals surface area contributed by atoms with Crippen molar-refractivity contribution in [3.8, 4) is 0 Å². The molecule has 4 atom stereocenters. The number of aromatic amines is 1. The number of amides is 1. The Hall–Kier alpha value is -2.56. The van der Waals surface area contributed by atoms with E-state index >= 15 is 0 Å². The van der Waals surface area contributed by atoms with Crippen LogP contribution in [0.25, 0.3) is 11.2 Å². The third-order valence-corrected chi connectivity index (χ3v) is 6.70. The fourth-order valence-electron chi connectivity index (χ4n) is 3.26. The number of nitrogens with one attached hydrogen (secondary N) is 2. The Bertz CT molecular complexity index is 955. The number of nitrogens with zero attached hydrogens (tertiary/aromatic N) is 3. The third-order valence-electron chi connectivity index (χ3n) is 4.81. The number of thioether (sulfide) groups is 1. The SMILES string of the molecule is CC[C@H]1S[C@@H](n2cnc3c(=O)[nH]c(NC(=O)C(C)C)nc32)[C@H](OC(=O)O)[C@@H]1C. The van der Waals surface area contributed by atoms with Gasteiger partial charge in [-0.2, -0.15) is 4.98 Å². The van der Waals surface area contributed by atoms with Crippen molar-refractivity contribution in [2.45, 2.75) is 50.8 Å². The van der Waals surface area contributed by atoms with Crippen LogP contribution >= 0.6 is 11.8 Å². The summed E-state index contributed by atoms with van der Waals surface area (Å²) in [6.07, 6.45) is 0.346. The van der Waals surface area contributed by atoms with Crippen LogP contribution in [0.1, 0.15) is 39.5 Å². The molecule has 28 heavy (non-hydrogen) atoms. The summed E-state index contributed by atoms with van der Waals surface area (Å²) in [6.45, 7) is 7.43. The third kappa shape index (κ3) is 3.71. The molecule has 1 aliphatic rings. The van der Waals surface area contributed by atoms with Gasteiger partial charge >= 0.3 is 6.16 Å². The van der Waals surface area contributed by atoms with Crippen LogP contribution in [0.15, 0.2) is 11.1 Å². The highest BCUT2D eigenvalue weighted by Gasteiger charge is 2.45. The lowest BCUT2D eigenvalue weighted by molar-refractivity contribution is -0.118. The maximum absolute atomic E-state index is 12.4. The van der Waals surface area contributed by atoms with Crippen LogP contribution in [0.2, 0.25) is 0 Å². The Labute approximate surface area is 165 Å². The Morgan fingerprint density at radius 2 is 2.18 bits per heavy atom.